The third-order valence-electron chi connectivity index (χ3n) is 3.71. The Morgan fingerprint density at radius 2 is 1.96 bits per heavy atom. The Balaban J connectivity index is 2.02. The summed E-state index contributed by atoms with van der Waals surface area (Å²) in [6.07, 6.45) is 1.50. The van der Waals surface area contributed by atoms with Crippen molar-refractivity contribution in [2.45, 2.75) is 13.8 Å². The highest BCUT2D eigenvalue weighted by molar-refractivity contribution is 6.00. The average molecular weight is 309 g/mol. The number of nitrogens with zero attached hydrogens (tertiary/aromatic N) is 3. The fourth-order valence-corrected chi connectivity index (χ4v) is 2.48. The molecule has 0 radical (unpaired) electrons. The van der Waals surface area contributed by atoms with Crippen LogP contribution in [0.1, 0.15) is 23.0 Å². The quantitative estimate of drug-likeness (QED) is 0.777. The van der Waals surface area contributed by atoms with Crippen LogP contribution in [0.3, 0.4) is 0 Å². The third-order valence-corrected chi connectivity index (χ3v) is 3.71. The van der Waals surface area contributed by atoms with Crippen LogP contribution in [0.25, 0.3) is 11.0 Å². The monoisotopic (exact) mass is 309 g/mol. The van der Waals surface area contributed by atoms with E-state index < -0.39 is 0 Å². The second-order valence-electron chi connectivity index (χ2n) is 5.40. The van der Waals surface area contributed by atoms with E-state index in [-0.39, 0.29) is 5.91 Å². The molecule has 0 saturated carbocycles. The zero-order valence-corrected chi connectivity index (χ0v) is 13.4. The summed E-state index contributed by atoms with van der Waals surface area (Å²) in [5.74, 6) is 0.569. The van der Waals surface area contributed by atoms with Gasteiger partial charge in [-0.05, 0) is 32.0 Å². The SMILES string of the molecule is CCNC(=O)c1cc2c(Nc3ccc(C)cc3)ncnc2n1C. The highest BCUT2D eigenvalue weighted by Gasteiger charge is 2.16. The smallest absolute Gasteiger partial charge is 0.267 e. The van der Waals surface area contributed by atoms with E-state index in [1.807, 2.05) is 51.2 Å². The van der Waals surface area contributed by atoms with E-state index in [0.29, 0.717) is 18.1 Å². The highest BCUT2D eigenvalue weighted by Crippen LogP contribution is 2.25. The van der Waals surface area contributed by atoms with Gasteiger partial charge < -0.3 is 15.2 Å². The number of benzene rings is 1. The predicted molar refractivity (Wildman–Crippen MR) is 91.0 cm³/mol. The van der Waals surface area contributed by atoms with Gasteiger partial charge in [-0.25, -0.2) is 9.97 Å². The first kappa shape index (κ1) is 15.0. The van der Waals surface area contributed by atoms with Crippen molar-refractivity contribution in [3.05, 3.63) is 47.9 Å². The van der Waals surface area contributed by atoms with Crippen molar-refractivity contribution in [1.29, 1.82) is 0 Å². The Hall–Kier alpha value is -2.89. The maximum Gasteiger partial charge on any atom is 0.267 e. The number of hydrogen-bond donors (Lipinski definition) is 2. The van der Waals surface area contributed by atoms with E-state index >= 15 is 0 Å². The number of hydrogen-bond acceptors (Lipinski definition) is 4. The van der Waals surface area contributed by atoms with E-state index in [1.54, 1.807) is 4.57 Å². The molecule has 0 aliphatic heterocycles. The number of nitrogens with one attached hydrogen (secondary N) is 2. The molecule has 0 atom stereocenters. The topological polar surface area (TPSA) is 71.8 Å². The van der Waals surface area contributed by atoms with Gasteiger partial charge in [-0.2, -0.15) is 0 Å². The lowest BCUT2D eigenvalue weighted by atomic mass is 10.2. The molecule has 118 valence electrons. The summed E-state index contributed by atoms with van der Waals surface area (Å²) in [5.41, 5.74) is 3.42. The molecule has 0 bridgehead atoms. The van der Waals surface area contributed by atoms with E-state index in [0.717, 1.165) is 16.7 Å². The maximum absolute atomic E-state index is 12.1. The molecule has 0 saturated heterocycles. The molecule has 0 aliphatic rings. The van der Waals surface area contributed by atoms with E-state index in [1.165, 1.54) is 11.9 Å². The summed E-state index contributed by atoms with van der Waals surface area (Å²) in [6, 6.07) is 9.88. The fraction of sp³-hybridized carbons (Fsp3) is 0.235. The number of carbonyl (C=O) groups excluding carboxylic acids is 1. The molecular formula is C17H19N5O. The van der Waals surface area contributed by atoms with Gasteiger partial charge in [0.1, 0.15) is 23.5 Å². The standard InChI is InChI=1S/C17H19N5O/c1-4-18-17(23)14-9-13-15(19-10-20-16(13)22(14)3)21-12-7-5-11(2)6-8-12/h5-10H,4H2,1-3H3,(H,18,23)(H,19,20,21). The Labute approximate surface area is 134 Å². The summed E-state index contributed by atoms with van der Waals surface area (Å²) in [6.45, 7) is 4.52. The largest absolute Gasteiger partial charge is 0.351 e. The van der Waals surface area contributed by atoms with Crippen LogP contribution in [-0.4, -0.2) is 27.0 Å². The molecule has 3 aromatic rings. The normalized spacial score (nSPS) is 10.7. The number of anilines is 2. The molecule has 6 nitrogen and oxygen atoms in total. The van der Waals surface area contributed by atoms with Crippen LogP contribution >= 0.6 is 0 Å². The van der Waals surface area contributed by atoms with Gasteiger partial charge in [0, 0.05) is 19.3 Å². The number of aromatic nitrogens is 3. The molecular weight excluding hydrogens is 290 g/mol. The molecule has 1 aromatic carbocycles. The van der Waals surface area contributed by atoms with Crippen molar-refractivity contribution in [3.63, 3.8) is 0 Å². The van der Waals surface area contributed by atoms with E-state index in [4.69, 9.17) is 0 Å². The van der Waals surface area contributed by atoms with E-state index in [9.17, 15) is 4.79 Å². The van der Waals surface area contributed by atoms with Gasteiger partial charge in [0.15, 0.2) is 0 Å². The van der Waals surface area contributed by atoms with Crippen LogP contribution in [-0.2, 0) is 7.05 Å². The van der Waals surface area contributed by atoms with E-state index in [2.05, 4.69) is 20.6 Å². The lowest BCUT2D eigenvalue weighted by molar-refractivity contribution is 0.0948. The number of amides is 1. The minimum atomic E-state index is -0.116. The zero-order valence-electron chi connectivity index (χ0n) is 13.4. The number of aryl methyl sites for hydroxylation is 2. The van der Waals surface area contributed by atoms with Crippen LogP contribution in [0.2, 0.25) is 0 Å². The number of fused-ring (bicyclic) bond motifs is 1. The molecule has 2 N–H and O–H groups in total. The molecule has 0 aliphatic carbocycles. The van der Waals surface area contributed by atoms with Crippen molar-refractivity contribution in [3.8, 4) is 0 Å². The van der Waals surface area contributed by atoms with Crippen molar-refractivity contribution in [1.82, 2.24) is 19.9 Å². The molecule has 23 heavy (non-hydrogen) atoms. The first-order valence-corrected chi connectivity index (χ1v) is 7.52. The van der Waals surface area contributed by atoms with Gasteiger partial charge in [0.25, 0.3) is 5.91 Å². The first-order chi connectivity index (χ1) is 11.1. The molecule has 2 aromatic heterocycles. The van der Waals surface area contributed by atoms with Gasteiger partial charge in [-0.1, -0.05) is 17.7 Å². The molecule has 3 rings (SSSR count). The minimum absolute atomic E-state index is 0.116. The fourth-order valence-electron chi connectivity index (χ4n) is 2.48. The maximum atomic E-state index is 12.1. The average Bonchev–Trinajstić information content (AvgIpc) is 2.88. The van der Waals surface area contributed by atoms with Crippen LogP contribution in [0.5, 0.6) is 0 Å². The number of rotatable bonds is 4. The summed E-state index contributed by atoms with van der Waals surface area (Å²) in [7, 11) is 1.83. The van der Waals surface area contributed by atoms with Crippen molar-refractivity contribution < 1.29 is 4.79 Å². The van der Waals surface area contributed by atoms with Gasteiger partial charge >= 0.3 is 0 Å². The molecule has 0 fully saturated rings. The van der Waals surface area contributed by atoms with Gasteiger partial charge in [0.05, 0.1) is 5.39 Å². The highest BCUT2D eigenvalue weighted by atomic mass is 16.1. The summed E-state index contributed by atoms with van der Waals surface area (Å²) >= 11 is 0. The molecule has 6 heteroatoms. The van der Waals surface area contributed by atoms with Gasteiger partial charge in [-0.3, -0.25) is 4.79 Å². The second-order valence-corrected chi connectivity index (χ2v) is 5.40. The van der Waals surface area contributed by atoms with Crippen molar-refractivity contribution in [2.75, 3.05) is 11.9 Å². The molecule has 1 amide bonds. The molecule has 2 heterocycles. The van der Waals surface area contributed by atoms with Crippen molar-refractivity contribution in [2.24, 2.45) is 7.05 Å². The summed E-state index contributed by atoms with van der Waals surface area (Å²) in [4.78, 5) is 20.8. The Kier molecular flexibility index (Phi) is 3.97. The zero-order chi connectivity index (χ0) is 16.4. The molecule has 0 unspecified atom stereocenters. The van der Waals surface area contributed by atoms with Crippen LogP contribution in [0, 0.1) is 6.92 Å². The van der Waals surface area contributed by atoms with Crippen LogP contribution in [0.4, 0.5) is 11.5 Å². The molecule has 0 spiro atoms. The summed E-state index contributed by atoms with van der Waals surface area (Å²) < 4.78 is 1.78. The number of carbonyl (C=O) groups is 1. The minimum Gasteiger partial charge on any atom is -0.351 e. The summed E-state index contributed by atoms with van der Waals surface area (Å²) in [5, 5.41) is 6.92. The van der Waals surface area contributed by atoms with Gasteiger partial charge in [0.2, 0.25) is 0 Å². The second kappa shape index (κ2) is 6.08. The predicted octanol–water partition coefficient (Wildman–Crippen LogP) is 2.77. The van der Waals surface area contributed by atoms with Crippen LogP contribution in [0.15, 0.2) is 36.7 Å². The van der Waals surface area contributed by atoms with Crippen molar-refractivity contribution >= 4 is 28.4 Å². The lowest BCUT2D eigenvalue weighted by Gasteiger charge is -2.07. The Morgan fingerprint density at radius 3 is 2.65 bits per heavy atom. The Morgan fingerprint density at radius 1 is 1.22 bits per heavy atom. The lowest BCUT2D eigenvalue weighted by Crippen LogP contribution is -2.24. The van der Waals surface area contributed by atoms with Gasteiger partial charge in [-0.15, -0.1) is 0 Å². The Bertz CT molecular complexity index is 851. The van der Waals surface area contributed by atoms with Crippen LogP contribution < -0.4 is 10.6 Å². The first-order valence-electron chi connectivity index (χ1n) is 7.52. The third kappa shape index (κ3) is 2.88.